The molecule has 0 unspecified atom stereocenters. The molecule has 2 heterocycles. The number of carbonyl (C=O) groups excluding carboxylic acids is 4. The van der Waals surface area contributed by atoms with Gasteiger partial charge in [-0.3, -0.25) is 19.2 Å². The molecule has 240 valence electrons. The van der Waals surface area contributed by atoms with Crippen LogP contribution in [0.1, 0.15) is 94.3 Å². The van der Waals surface area contributed by atoms with Gasteiger partial charge in [-0.2, -0.15) is 0 Å². The van der Waals surface area contributed by atoms with Crippen molar-refractivity contribution in [3.8, 4) is 20.9 Å². The monoisotopic (exact) mass is 656 g/mol. The van der Waals surface area contributed by atoms with Crippen LogP contribution in [0.15, 0.2) is 30.3 Å². The fraction of sp³-hybridized carbons (Fsp3) is 0.333. The lowest BCUT2D eigenvalue weighted by atomic mass is 9.82. The molecule has 2 aliphatic carbocycles. The zero-order valence-electron chi connectivity index (χ0n) is 27.3. The summed E-state index contributed by atoms with van der Waals surface area (Å²) in [5.74, 6) is -1.34. The molecular weight excluding hydrogens is 617 g/mol. The average molecular weight is 657 g/mol. The van der Waals surface area contributed by atoms with Crippen LogP contribution in [0.3, 0.4) is 0 Å². The predicted octanol–water partition coefficient (Wildman–Crippen LogP) is 7.06. The Bertz CT molecular complexity index is 1930. The van der Waals surface area contributed by atoms with E-state index in [1.807, 2.05) is 0 Å². The zero-order chi connectivity index (χ0) is 33.7. The fourth-order valence-corrected chi connectivity index (χ4v) is 9.21. The van der Waals surface area contributed by atoms with Crippen LogP contribution in [0.25, 0.3) is 20.9 Å². The van der Waals surface area contributed by atoms with Crippen molar-refractivity contribution in [3.63, 3.8) is 0 Å². The quantitative estimate of drug-likeness (QED) is 0.186. The molecule has 10 heteroatoms. The maximum absolute atomic E-state index is 12.0. The van der Waals surface area contributed by atoms with E-state index in [1.54, 1.807) is 0 Å². The number of aryl methyl sites for hydroxylation is 4. The van der Waals surface area contributed by atoms with Crippen molar-refractivity contribution in [2.24, 2.45) is 11.5 Å². The molecule has 2 aromatic carbocycles. The smallest absolute Gasteiger partial charge is 0.252 e. The van der Waals surface area contributed by atoms with E-state index in [2.05, 4.69) is 75.6 Å². The van der Waals surface area contributed by atoms with Crippen molar-refractivity contribution >= 4 is 56.3 Å². The maximum Gasteiger partial charge on any atom is 0.252 e. The molecule has 8 nitrogen and oxygen atoms in total. The number of rotatable bonds is 4. The average Bonchev–Trinajstić information content (AvgIpc) is 3.49. The van der Waals surface area contributed by atoms with E-state index in [-0.39, 0.29) is 17.2 Å². The zero-order valence-corrected chi connectivity index (χ0v) is 29.0. The summed E-state index contributed by atoms with van der Waals surface area (Å²) in [7, 11) is 0. The highest BCUT2D eigenvalue weighted by molar-refractivity contribution is 7.20. The maximum atomic E-state index is 12.0. The fourth-order valence-electron chi connectivity index (χ4n) is 6.41. The van der Waals surface area contributed by atoms with Gasteiger partial charge in [0, 0.05) is 23.6 Å². The van der Waals surface area contributed by atoms with Gasteiger partial charge < -0.3 is 22.1 Å². The number of fused-ring (bicyclic) bond motifs is 6. The molecular formula is C36H40N4O4S2. The third kappa shape index (κ3) is 6.37. The lowest BCUT2D eigenvalue weighted by Crippen LogP contribution is -2.17. The van der Waals surface area contributed by atoms with Gasteiger partial charge in [0.15, 0.2) is 0 Å². The normalized spacial score (nSPS) is 12.8. The van der Waals surface area contributed by atoms with Gasteiger partial charge in [0.1, 0.15) is 10.0 Å². The van der Waals surface area contributed by atoms with Crippen LogP contribution in [0.5, 0.6) is 0 Å². The van der Waals surface area contributed by atoms with Gasteiger partial charge in [-0.05, 0) is 95.5 Å². The third-order valence-electron chi connectivity index (χ3n) is 8.38. The highest BCUT2D eigenvalue weighted by Gasteiger charge is 2.30. The number of primary amides is 2. The van der Waals surface area contributed by atoms with Gasteiger partial charge in [0.05, 0.1) is 11.1 Å². The van der Waals surface area contributed by atoms with Crippen LogP contribution >= 0.6 is 22.7 Å². The Labute approximate surface area is 277 Å². The standard InChI is InChI=1S/C19H22N2O2S.C17H18N2O2S/c1-10(22)21-18-15(17(20)23)13-8-6-11-5-7-12(19(2,3)4)9-14(11)16(13)24-18;1-8-6-9(2)13-11(7-8)4-5-12-14(16(18)21)17(19-10(3)20)22-15(12)13/h5,7,9H,6,8H2,1-4H3,(H2,20,23)(H,21,22);6-7H,4-5H2,1-3H3,(H2,18,21)(H,19,20). The van der Waals surface area contributed by atoms with Crippen LogP contribution < -0.4 is 22.1 Å². The Hall–Kier alpha value is -4.28. The van der Waals surface area contributed by atoms with Crippen molar-refractivity contribution in [2.45, 2.75) is 79.6 Å². The Morgan fingerprint density at radius 1 is 0.717 bits per heavy atom. The van der Waals surface area contributed by atoms with Crippen LogP contribution in [0.4, 0.5) is 10.0 Å². The van der Waals surface area contributed by atoms with E-state index in [0.29, 0.717) is 21.1 Å². The number of amides is 4. The van der Waals surface area contributed by atoms with Crippen molar-refractivity contribution in [3.05, 3.63) is 80.4 Å². The van der Waals surface area contributed by atoms with Gasteiger partial charge in [0.2, 0.25) is 11.8 Å². The largest absolute Gasteiger partial charge is 0.365 e. The molecule has 0 bridgehead atoms. The number of thiophene rings is 2. The topological polar surface area (TPSA) is 144 Å². The van der Waals surface area contributed by atoms with Gasteiger partial charge in [-0.1, -0.05) is 50.6 Å². The minimum absolute atomic E-state index is 0.0525. The van der Waals surface area contributed by atoms with Crippen molar-refractivity contribution in [2.75, 3.05) is 10.6 Å². The summed E-state index contributed by atoms with van der Waals surface area (Å²) in [6, 6.07) is 10.9. The summed E-state index contributed by atoms with van der Waals surface area (Å²) in [4.78, 5) is 48.8. The third-order valence-corrected chi connectivity index (χ3v) is 10.7. The van der Waals surface area contributed by atoms with Gasteiger partial charge in [-0.15, -0.1) is 22.7 Å². The van der Waals surface area contributed by atoms with Crippen molar-refractivity contribution in [1.29, 1.82) is 0 Å². The molecule has 0 radical (unpaired) electrons. The summed E-state index contributed by atoms with van der Waals surface area (Å²) >= 11 is 2.90. The Balaban J connectivity index is 0.000000182. The molecule has 46 heavy (non-hydrogen) atoms. The highest BCUT2D eigenvalue weighted by atomic mass is 32.1. The molecule has 2 aliphatic rings. The minimum Gasteiger partial charge on any atom is -0.365 e. The van der Waals surface area contributed by atoms with Gasteiger partial charge >= 0.3 is 0 Å². The second-order valence-corrected chi connectivity index (χ2v) is 15.1. The van der Waals surface area contributed by atoms with E-state index in [1.165, 1.54) is 69.9 Å². The van der Waals surface area contributed by atoms with Crippen molar-refractivity contribution < 1.29 is 19.2 Å². The number of nitrogens with one attached hydrogen (secondary N) is 2. The molecule has 6 rings (SSSR count). The Morgan fingerprint density at radius 2 is 1.24 bits per heavy atom. The first kappa shape index (κ1) is 33.1. The molecule has 0 aliphatic heterocycles. The molecule has 0 saturated heterocycles. The number of benzene rings is 2. The Morgan fingerprint density at radius 3 is 1.76 bits per heavy atom. The summed E-state index contributed by atoms with van der Waals surface area (Å²) in [6.07, 6.45) is 3.32. The summed E-state index contributed by atoms with van der Waals surface area (Å²) in [5.41, 5.74) is 22.7. The number of hydrogen-bond acceptors (Lipinski definition) is 6. The van der Waals surface area contributed by atoms with E-state index in [0.717, 1.165) is 52.1 Å². The van der Waals surface area contributed by atoms with Crippen molar-refractivity contribution in [1.82, 2.24) is 0 Å². The number of carbonyl (C=O) groups is 4. The SMILES string of the molecule is CC(=O)Nc1sc2c(c1C(N)=O)CCc1cc(C)cc(C)c1-2.CC(=O)Nc1sc2c(c1C(N)=O)CCc1ccc(C(C)(C)C)cc1-2. The highest BCUT2D eigenvalue weighted by Crippen LogP contribution is 2.47. The van der Waals surface area contributed by atoms with Crippen LogP contribution in [-0.2, 0) is 40.7 Å². The second-order valence-electron chi connectivity index (χ2n) is 13.1. The summed E-state index contributed by atoms with van der Waals surface area (Å²) < 4.78 is 0. The lowest BCUT2D eigenvalue weighted by Gasteiger charge is -2.23. The Kier molecular flexibility index (Phi) is 8.99. The van der Waals surface area contributed by atoms with Crippen LogP contribution in [0.2, 0.25) is 0 Å². The van der Waals surface area contributed by atoms with E-state index < -0.39 is 11.8 Å². The van der Waals surface area contributed by atoms with E-state index in [4.69, 9.17) is 11.5 Å². The van der Waals surface area contributed by atoms with E-state index in [9.17, 15) is 19.2 Å². The first-order valence-electron chi connectivity index (χ1n) is 15.3. The predicted molar refractivity (Wildman–Crippen MR) is 188 cm³/mol. The first-order chi connectivity index (χ1) is 21.6. The number of hydrogen-bond donors (Lipinski definition) is 4. The summed E-state index contributed by atoms with van der Waals surface area (Å²) in [6.45, 7) is 13.6. The summed E-state index contributed by atoms with van der Waals surface area (Å²) in [5, 5.41) is 6.65. The van der Waals surface area contributed by atoms with Gasteiger partial charge in [0.25, 0.3) is 11.8 Å². The second kappa shape index (κ2) is 12.5. The number of nitrogens with two attached hydrogens (primary N) is 2. The molecule has 0 spiro atoms. The van der Waals surface area contributed by atoms with E-state index >= 15 is 0 Å². The van der Waals surface area contributed by atoms with Crippen LogP contribution in [0, 0.1) is 13.8 Å². The molecule has 0 atom stereocenters. The lowest BCUT2D eigenvalue weighted by molar-refractivity contribution is -0.115. The molecule has 6 N–H and O–H groups in total. The molecule has 0 saturated carbocycles. The molecule has 4 aromatic rings. The first-order valence-corrected chi connectivity index (χ1v) is 16.9. The number of anilines is 2. The van der Waals surface area contributed by atoms with Gasteiger partial charge in [-0.25, -0.2) is 0 Å². The molecule has 0 fully saturated rings. The molecule has 2 aromatic heterocycles. The van der Waals surface area contributed by atoms with Crippen LogP contribution in [-0.4, -0.2) is 23.6 Å². The minimum atomic E-state index is -0.480. The molecule has 4 amide bonds.